The van der Waals surface area contributed by atoms with Crippen LogP contribution in [0.1, 0.15) is 16.7 Å². The number of hydrogen-bond acceptors (Lipinski definition) is 2. The number of aryl methyl sites for hydroxylation is 1. The van der Waals surface area contributed by atoms with E-state index in [-0.39, 0.29) is 11.9 Å². The zero-order valence-corrected chi connectivity index (χ0v) is 9.16. The van der Waals surface area contributed by atoms with E-state index in [1.165, 1.54) is 16.7 Å². The number of carbonyl (C=O) groups excluding carboxylic acids is 1. The quantitative estimate of drug-likeness (QED) is 0.736. The Bertz CT molecular complexity index is 401. The van der Waals surface area contributed by atoms with Gasteiger partial charge in [-0.25, -0.2) is 0 Å². The topological polar surface area (TPSA) is 46.3 Å². The Kier molecular flexibility index (Phi) is 2.49. The number of amides is 1. The van der Waals surface area contributed by atoms with Gasteiger partial charge in [0.1, 0.15) is 0 Å². The third kappa shape index (κ3) is 1.88. The average molecular weight is 204 g/mol. The van der Waals surface area contributed by atoms with Crippen molar-refractivity contribution in [2.75, 3.05) is 7.05 Å². The van der Waals surface area contributed by atoms with E-state index in [9.17, 15) is 4.79 Å². The second-order valence-electron chi connectivity index (χ2n) is 4.31. The summed E-state index contributed by atoms with van der Waals surface area (Å²) in [6.45, 7) is 2.89. The fourth-order valence-corrected chi connectivity index (χ4v) is 2.16. The Labute approximate surface area is 89.9 Å². The Morgan fingerprint density at radius 3 is 2.87 bits per heavy atom. The van der Waals surface area contributed by atoms with Crippen LogP contribution in [0.3, 0.4) is 0 Å². The summed E-state index contributed by atoms with van der Waals surface area (Å²) in [5, 5.41) is 0. The van der Waals surface area contributed by atoms with E-state index >= 15 is 0 Å². The van der Waals surface area contributed by atoms with E-state index in [0.717, 1.165) is 13.0 Å². The molecule has 1 heterocycles. The molecule has 80 valence electrons. The SMILES string of the molecule is Cc1ccc2c(c1)CN(C)[C@@H](C(N)=O)C2. The number of primary amides is 1. The molecule has 1 amide bonds. The first-order valence-electron chi connectivity index (χ1n) is 5.16. The van der Waals surface area contributed by atoms with Gasteiger partial charge in [0.15, 0.2) is 0 Å². The van der Waals surface area contributed by atoms with Crippen molar-refractivity contribution < 1.29 is 4.79 Å². The second-order valence-corrected chi connectivity index (χ2v) is 4.31. The number of likely N-dealkylation sites (N-methyl/N-ethyl adjacent to an activating group) is 1. The minimum atomic E-state index is -0.233. The Morgan fingerprint density at radius 2 is 2.20 bits per heavy atom. The van der Waals surface area contributed by atoms with Crippen molar-refractivity contribution in [3.63, 3.8) is 0 Å². The van der Waals surface area contributed by atoms with Crippen molar-refractivity contribution in [3.05, 3.63) is 34.9 Å². The molecule has 1 aromatic carbocycles. The highest BCUT2D eigenvalue weighted by Gasteiger charge is 2.26. The molecule has 0 spiro atoms. The van der Waals surface area contributed by atoms with Crippen LogP contribution in [0.5, 0.6) is 0 Å². The zero-order valence-electron chi connectivity index (χ0n) is 9.16. The van der Waals surface area contributed by atoms with Gasteiger partial charge >= 0.3 is 0 Å². The summed E-state index contributed by atoms with van der Waals surface area (Å²) in [4.78, 5) is 13.2. The molecular weight excluding hydrogens is 188 g/mol. The van der Waals surface area contributed by atoms with Crippen LogP contribution in [0.2, 0.25) is 0 Å². The molecule has 2 N–H and O–H groups in total. The summed E-state index contributed by atoms with van der Waals surface area (Å²) in [7, 11) is 1.95. The van der Waals surface area contributed by atoms with Gasteiger partial charge in [0.05, 0.1) is 6.04 Å². The fraction of sp³-hybridized carbons (Fsp3) is 0.417. The number of rotatable bonds is 1. The van der Waals surface area contributed by atoms with Crippen LogP contribution in [-0.4, -0.2) is 23.9 Å². The molecule has 2 rings (SSSR count). The number of benzene rings is 1. The number of fused-ring (bicyclic) bond motifs is 1. The molecule has 0 bridgehead atoms. The highest BCUT2D eigenvalue weighted by Crippen LogP contribution is 2.22. The van der Waals surface area contributed by atoms with Crippen LogP contribution in [-0.2, 0) is 17.8 Å². The monoisotopic (exact) mass is 204 g/mol. The number of nitrogens with zero attached hydrogens (tertiary/aromatic N) is 1. The molecule has 0 unspecified atom stereocenters. The minimum absolute atomic E-state index is 0.153. The maximum atomic E-state index is 11.2. The number of hydrogen-bond donors (Lipinski definition) is 1. The van der Waals surface area contributed by atoms with Crippen molar-refractivity contribution in [2.45, 2.75) is 25.9 Å². The molecule has 0 aromatic heterocycles. The molecule has 1 aromatic rings. The van der Waals surface area contributed by atoms with Crippen LogP contribution in [0.4, 0.5) is 0 Å². The normalized spacial score (nSPS) is 21.1. The predicted molar refractivity (Wildman–Crippen MR) is 59.3 cm³/mol. The summed E-state index contributed by atoms with van der Waals surface area (Å²) < 4.78 is 0. The fourth-order valence-electron chi connectivity index (χ4n) is 2.16. The summed E-state index contributed by atoms with van der Waals surface area (Å²) in [6, 6.07) is 6.22. The summed E-state index contributed by atoms with van der Waals surface area (Å²) in [6.07, 6.45) is 0.738. The molecule has 1 aliphatic rings. The van der Waals surface area contributed by atoms with E-state index in [4.69, 9.17) is 5.73 Å². The van der Waals surface area contributed by atoms with E-state index in [0.29, 0.717) is 0 Å². The van der Waals surface area contributed by atoms with Crippen molar-refractivity contribution in [1.82, 2.24) is 4.90 Å². The van der Waals surface area contributed by atoms with Crippen LogP contribution < -0.4 is 5.73 Å². The van der Waals surface area contributed by atoms with Crippen LogP contribution in [0.15, 0.2) is 18.2 Å². The van der Waals surface area contributed by atoms with Gasteiger partial charge in [-0.05, 0) is 31.5 Å². The Balaban J connectivity index is 2.33. The van der Waals surface area contributed by atoms with Crippen molar-refractivity contribution >= 4 is 5.91 Å². The number of nitrogens with two attached hydrogens (primary N) is 1. The first-order valence-corrected chi connectivity index (χ1v) is 5.16. The lowest BCUT2D eigenvalue weighted by Gasteiger charge is -2.32. The molecule has 0 radical (unpaired) electrons. The first kappa shape index (κ1) is 10.2. The van der Waals surface area contributed by atoms with E-state index in [1.807, 2.05) is 11.9 Å². The second kappa shape index (κ2) is 3.66. The van der Waals surface area contributed by atoms with E-state index in [2.05, 4.69) is 25.1 Å². The smallest absolute Gasteiger partial charge is 0.235 e. The minimum Gasteiger partial charge on any atom is -0.368 e. The third-order valence-corrected chi connectivity index (χ3v) is 3.06. The van der Waals surface area contributed by atoms with E-state index in [1.54, 1.807) is 0 Å². The van der Waals surface area contributed by atoms with Gasteiger partial charge in [0, 0.05) is 6.54 Å². The molecule has 0 saturated heterocycles. The standard InChI is InChI=1S/C12H16N2O/c1-8-3-4-9-6-11(12(13)15)14(2)7-10(9)5-8/h3-5,11H,6-7H2,1-2H3,(H2,13,15)/t11-/m1/s1. The maximum Gasteiger partial charge on any atom is 0.235 e. The molecule has 1 aliphatic heterocycles. The summed E-state index contributed by atoms with van der Waals surface area (Å²) >= 11 is 0. The lowest BCUT2D eigenvalue weighted by Crippen LogP contribution is -2.46. The maximum absolute atomic E-state index is 11.2. The van der Waals surface area contributed by atoms with Crippen molar-refractivity contribution in [1.29, 1.82) is 0 Å². The molecular formula is C12H16N2O. The Hall–Kier alpha value is -1.35. The van der Waals surface area contributed by atoms with Gasteiger partial charge in [-0.3, -0.25) is 9.69 Å². The highest BCUT2D eigenvalue weighted by molar-refractivity contribution is 5.80. The molecule has 0 fully saturated rings. The Morgan fingerprint density at radius 1 is 1.47 bits per heavy atom. The average Bonchev–Trinajstić information content (AvgIpc) is 2.15. The third-order valence-electron chi connectivity index (χ3n) is 3.06. The van der Waals surface area contributed by atoms with Gasteiger partial charge in [0.25, 0.3) is 0 Å². The molecule has 3 nitrogen and oxygen atoms in total. The van der Waals surface area contributed by atoms with Crippen molar-refractivity contribution in [3.8, 4) is 0 Å². The number of carbonyl (C=O) groups is 1. The van der Waals surface area contributed by atoms with Crippen LogP contribution in [0, 0.1) is 6.92 Å². The van der Waals surface area contributed by atoms with Crippen molar-refractivity contribution in [2.24, 2.45) is 5.73 Å². The molecule has 3 heteroatoms. The van der Waals surface area contributed by atoms with Crippen LogP contribution >= 0.6 is 0 Å². The molecule has 15 heavy (non-hydrogen) atoms. The van der Waals surface area contributed by atoms with Crippen LogP contribution in [0.25, 0.3) is 0 Å². The first-order chi connectivity index (χ1) is 7.08. The van der Waals surface area contributed by atoms with Gasteiger partial charge in [-0.15, -0.1) is 0 Å². The molecule has 0 aliphatic carbocycles. The van der Waals surface area contributed by atoms with Gasteiger partial charge < -0.3 is 5.73 Å². The molecule has 1 atom stereocenters. The zero-order chi connectivity index (χ0) is 11.0. The predicted octanol–water partition coefficient (Wildman–Crippen LogP) is 0.837. The molecule has 0 saturated carbocycles. The highest BCUT2D eigenvalue weighted by atomic mass is 16.1. The van der Waals surface area contributed by atoms with E-state index < -0.39 is 0 Å². The lowest BCUT2D eigenvalue weighted by atomic mass is 9.93. The van der Waals surface area contributed by atoms with Gasteiger partial charge in [-0.1, -0.05) is 23.8 Å². The largest absolute Gasteiger partial charge is 0.368 e. The summed E-state index contributed by atoms with van der Waals surface area (Å²) in [5.74, 6) is -0.233. The summed E-state index contributed by atoms with van der Waals surface area (Å²) in [5.41, 5.74) is 9.19. The van der Waals surface area contributed by atoms with Gasteiger partial charge in [0.2, 0.25) is 5.91 Å². The van der Waals surface area contributed by atoms with Gasteiger partial charge in [-0.2, -0.15) is 0 Å². The lowest BCUT2D eigenvalue weighted by molar-refractivity contribution is -0.123.